The molecule has 0 spiro atoms. The van der Waals surface area contributed by atoms with Crippen molar-refractivity contribution >= 4 is 39.6 Å². The fourth-order valence-electron chi connectivity index (χ4n) is 4.47. The number of esters is 1. The predicted molar refractivity (Wildman–Crippen MR) is 127 cm³/mol. The average Bonchev–Trinajstić information content (AvgIpc) is 3.17. The second-order valence-corrected chi connectivity index (χ2v) is 9.60. The van der Waals surface area contributed by atoms with Crippen LogP contribution in [0.5, 0.6) is 0 Å². The van der Waals surface area contributed by atoms with Crippen LogP contribution in [0.4, 0.5) is 16.4 Å². The Bertz CT molecular complexity index is 1080. The van der Waals surface area contributed by atoms with E-state index in [0.717, 1.165) is 62.3 Å². The molecule has 4 rings (SSSR count). The number of nitro groups is 1. The van der Waals surface area contributed by atoms with Gasteiger partial charge in [0, 0.05) is 17.0 Å². The molecular weight excluding hydrogens is 444 g/mol. The molecule has 176 valence electrons. The first kappa shape index (κ1) is 23.2. The van der Waals surface area contributed by atoms with E-state index >= 15 is 0 Å². The summed E-state index contributed by atoms with van der Waals surface area (Å²) < 4.78 is 5.28. The Hall–Kier alpha value is -2.98. The molecule has 0 atom stereocenters. The summed E-state index contributed by atoms with van der Waals surface area (Å²) in [6.45, 7) is 5.35. The van der Waals surface area contributed by atoms with Crippen LogP contribution >= 0.6 is 11.3 Å². The molecule has 9 nitrogen and oxygen atoms in total. The number of carbonyl (C=O) groups is 2. The van der Waals surface area contributed by atoms with Crippen LogP contribution in [0.15, 0.2) is 18.2 Å². The minimum atomic E-state index is -0.497. The molecular formula is C23H29N4O5S+. The summed E-state index contributed by atoms with van der Waals surface area (Å²) in [5.41, 5.74) is 2.16. The third-order valence-corrected chi connectivity index (χ3v) is 7.48. The van der Waals surface area contributed by atoms with Crippen LogP contribution in [-0.4, -0.2) is 56.6 Å². The van der Waals surface area contributed by atoms with E-state index in [-0.39, 0.29) is 17.9 Å². The van der Waals surface area contributed by atoms with Crippen molar-refractivity contribution in [2.24, 2.45) is 0 Å². The number of amides is 1. The lowest BCUT2D eigenvalue weighted by molar-refractivity contribution is -0.880. The van der Waals surface area contributed by atoms with Gasteiger partial charge >= 0.3 is 5.97 Å². The Morgan fingerprint density at radius 3 is 2.67 bits per heavy atom. The Labute approximate surface area is 196 Å². The van der Waals surface area contributed by atoms with Gasteiger partial charge in [-0.25, -0.2) is 4.79 Å². The largest absolute Gasteiger partial charge is 0.462 e. The molecule has 1 aliphatic carbocycles. The lowest BCUT2D eigenvalue weighted by Gasteiger charge is -2.32. The molecule has 1 saturated heterocycles. The summed E-state index contributed by atoms with van der Waals surface area (Å²) in [6, 6.07) is 4.41. The summed E-state index contributed by atoms with van der Waals surface area (Å²) in [7, 11) is 2.12. The van der Waals surface area contributed by atoms with Crippen molar-refractivity contribution in [2.75, 3.05) is 50.1 Å². The number of hydrogen-bond donors (Lipinski definition) is 2. The highest BCUT2D eigenvalue weighted by molar-refractivity contribution is 7.17. The molecule has 1 aliphatic heterocycles. The summed E-state index contributed by atoms with van der Waals surface area (Å²) in [5.74, 6) is -0.891. The molecule has 1 aromatic heterocycles. The molecule has 1 amide bonds. The maximum atomic E-state index is 13.5. The van der Waals surface area contributed by atoms with Gasteiger partial charge in [0.05, 0.1) is 61.6 Å². The van der Waals surface area contributed by atoms with Crippen molar-refractivity contribution in [2.45, 2.75) is 32.6 Å². The highest BCUT2D eigenvalue weighted by Crippen LogP contribution is 2.39. The lowest BCUT2D eigenvalue weighted by Crippen LogP contribution is -3.12. The average molecular weight is 474 g/mol. The maximum Gasteiger partial charge on any atom is 0.341 e. The van der Waals surface area contributed by atoms with Gasteiger partial charge in [0.2, 0.25) is 0 Å². The first-order valence-electron chi connectivity index (χ1n) is 11.4. The van der Waals surface area contributed by atoms with Crippen molar-refractivity contribution in [1.82, 2.24) is 0 Å². The van der Waals surface area contributed by atoms with Crippen LogP contribution in [0.1, 0.15) is 50.9 Å². The minimum absolute atomic E-state index is 0.139. The summed E-state index contributed by atoms with van der Waals surface area (Å²) in [6.07, 6.45) is 3.68. The second-order valence-electron chi connectivity index (χ2n) is 8.49. The Balaban J connectivity index is 1.70. The number of aryl methyl sites for hydroxylation is 1. The van der Waals surface area contributed by atoms with E-state index < -0.39 is 16.8 Å². The molecule has 0 saturated carbocycles. The number of ether oxygens (including phenoxy) is 1. The summed E-state index contributed by atoms with van der Waals surface area (Å²) in [4.78, 5) is 41.7. The molecule has 1 aromatic carbocycles. The number of non-ortho nitro benzene ring substituents is 1. The van der Waals surface area contributed by atoms with Gasteiger partial charge in [-0.15, -0.1) is 11.3 Å². The number of thiophene rings is 1. The predicted octanol–water partition coefficient (Wildman–Crippen LogP) is 2.30. The minimum Gasteiger partial charge on any atom is -0.462 e. The zero-order chi connectivity index (χ0) is 23.5. The zero-order valence-corrected chi connectivity index (χ0v) is 19.8. The number of quaternary nitrogens is 1. The van der Waals surface area contributed by atoms with Crippen molar-refractivity contribution in [1.29, 1.82) is 0 Å². The number of nitrogens with one attached hydrogen (secondary N) is 2. The number of nitro benzene ring substituents is 1. The Kier molecular flexibility index (Phi) is 6.94. The number of hydrogen-bond acceptors (Lipinski definition) is 7. The van der Waals surface area contributed by atoms with Crippen LogP contribution in [0.3, 0.4) is 0 Å². The topological polar surface area (TPSA) is 106 Å². The van der Waals surface area contributed by atoms with Gasteiger partial charge in [0.15, 0.2) is 0 Å². The summed E-state index contributed by atoms with van der Waals surface area (Å²) in [5, 5.41) is 14.8. The van der Waals surface area contributed by atoms with Gasteiger partial charge in [0.1, 0.15) is 5.00 Å². The smallest absolute Gasteiger partial charge is 0.341 e. The van der Waals surface area contributed by atoms with Gasteiger partial charge in [-0.2, -0.15) is 0 Å². The number of fused-ring (bicyclic) bond motifs is 1. The van der Waals surface area contributed by atoms with Crippen molar-refractivity contribution in [3.05, 3.63) is 49.9 Å². The highest BCUT2D eigenvalue weighted by Gasteiger charge is 2.29. The molecule has 33 heavy (non-hydrogen) atoms. The van der Waals surface area contributed by atoms with E-state index in [1.807, 2.05) is 0 Å². The highest BCUT2D eigenvalue weighted by atomic mass is 32.1. The Morgan fingerprint density at radius 2 is 1.97 bits per heavy atom. The standard InChI is InChI=1S/C23H28N4O5S/c1-3-32-23(29)20-16-6-4-5-7-19(16)33-22(20)24-21(28)17-14-15(27(30)31)8-9-18(17)26-12-10-25(2)11-13-26/h8-9,14H,3-7,10-13H2,1-2H3,(H,24,28)/p+1. The third kappa shape index (κ3) is 4.86. The lowest BCUT2D eigenvalue weighted by atomic mass is 9.95. The number of nitrogens with zero attached hydrogens (tertiary/aromatic N) is 2. The number of piperazine rings is 1. The fraction of sp³-hybridized carbons (Fsp3) is 0.478. The van der Waals surface area contributed by atoms with Crippen LogP contribution in [0.25, 0.3) is 0 Å². The molecule has 2 aliphatic rings. The normalized spacial score (nSPS) is 16.2. The van der Waals surface area contributed by atoms with Gasteiger partial charge in [-0.05, 0) is 44.2 Å². The number of carbonyl (C=O) groups excluding carboxylic acids is 2. The number of anilines is 2. The van der Waals surface area contributed by atoms with E-state index in [1.165, 1.54) is 28.4 Å². The number of likely N-dealkylation sites (N-methyl/N-ethyl adjacent to an activating group) is 1. The van der Waals surface area contributed by atoms with Crippen LogP contribution in [0.2, 0.25) is 0 Å². The van der Waals surface area contributed by atoms with Crippen molar-refractivity contribution < 1.29 is 24.1 Å². The van der Waals surface area contributed by atoms with E-state index in [4.69, 9.17) is 4.74 Å². The molecule has 0 unspecified atom stereocenters. The van der Waals surface area contributed by atoms with E-state index in [0.29, 0.717) is 16.3 Å². The first-order valence-corrected chi connectivity index (χ1v) is 12.2. The maximum absolute atomic E-state index is 13.5. The molecule has 2 N–H and O–H groups in total. The van der Waals surface area contributed by atoms with Crippen molar-refractivity contribution in [3.63, 3.8) is 0 Å². The SMILES string of the molecule is CCOC(=O)c1c(NC(=O)c2cc([N+](=O)[O-])ccc2N2CC[NH+](C)CC2)sc2c1CCCC2. The first-order chi connectivity index (χ1) is 15.9. The number of benzene rings is 1. The van der Waals surface area contributed by atoms with Crippen LogP contribution < -0.4 is 15.1 Å². The quantitative estimate of drug-likeness (QED) is 0.379. The van der Waals surface area contributed by atoms with Gasteiger partial charge in [-0.3, -0.25) is 14.9 Å². The van der Waals surface area contributed by atoms with E-state index in [9.17, 15) is 19.7 Å². The second kappa shape index (κ2) is 9.88. The molecule has 0 radical (unpaired) electrons. The van der Waals surface area contributed by atoms with Gasteiger partial charge in [0.25, 0.3) is 11.6 Å². The molecule has 10 heteroatoms. The fourth-order valence-corrected chi connectivity index (χ4v) is 5.74. The number of rotatable bonds is 6. The molecule has 2 heterocycles. The van der Waals surface area contributed by atoms with Gasteiger partial charge in [-0.1, -0.05) is 0 Å². The third-order valence-electron chi connectivity index (χ3n) is 6.27. The van der Waals surface area contributed by atoms with Crippen molar-refractivity contribution in [3.8, 4) is 0 Å². The monoisotopic (exact) mass is 473 g/mol. The van der Waals surface area contributed by atoms with Gasteiger partial charge < -0.3 is 19.9 Å². The van der Waals surface area contributed by atoms with Crippen LogP contribution in [0, 0.1) is 10.1 Å². The molecule has 0 bridgehead atoms. The summed E-state index contributed by atoms with van der Waals surface area (Å²) >= 11 is 1.41. The van der Waals surface area contributed by atoms with E-state index in [1.54, 1.807) is 13.0 Å². The Morgan fingerprint density at radius 1 is 1.24 bits per heavy atom. The zero-order valence-electron chi connectivity index (χ0n) is 18.9. The molecule has 2 aromatic rings. The van der Waals surface area contributed by atoms with Crippen LogP contribution in [-0.2, 0) is 17.6 Å². The van der Waals surface area contributed by atoms with E-state index in [2.05, 4.69) is 17.3 Å². The molecule has 1 fully saturated rings.